The van der Waals surface area contributed by atoms with Crippen LogP contribution in [0.2, 0.25) is 0 Å². The lowest BCUT2D eigenvalue weighted by Gasteiger charge is -2.36. The third kappa shape index (κ3) is 3.42. The standard InChI is InChI=1S/C14H21N3O3S/c1-12(14(18)15-2)16-8-10-17(11-9-16)21(19,20)13-6-4-3-5-7-13/h3-7,12H,8-11H2,1-2H3,(H,15,18)/t12-/m0/s1. The predicted molar refractivity (Wildman–Crippen MR) is 80.3 cm³/mol. The molecule has 7 heteroatoms. The van der Waals surface area contributed by atoms with Gasteiger partial charge in [-0.25, -0.2) is 8.42 Å². The number of carbonyl (C=O) groups is 1. The van der Waals surface area contributed by atoms with E-state index in [9.17, 15) is 13.2 Å². The molecule has 6 nitrogen and oxygen atoms in total. The molecule has 1 aromatic rings. The number of piperazine rings is 1. The van der Waals surface area contributed by atoms with Crippen LogP contribution in [0.1, 0.15) is 6.92 Å². The number of nitrogens with zero attached hydrogens (tertiary/aromatic N) is 2. The lowest BCUT2D eigenvalue weighted by molar-refractivity contribution is -0.125. The van der Waals surface area contributed by atoms with E-state index in [2.05, 4.69) is 5.32 Å². The van der Waals surface area contributed by atoms with Crippen molar-refractivity contribution in [2.24, 2.45) is 0 Å². The molecule has 0 bridgehead atoms. The third-order valence-electron chi connectivity index (χ3n) is 3.83. The maximum atomic E-state index is 12.5. The maximum Gasteiger partial charge on any atom is 0.243 e. The molecule has 2 rings (SSSR count). The van der Waals surface area contributed by atoms with Gasteiger partial charge in [-0.05, 0) is 19.1 Å². The van der Waals surface area contributed by atoms with E-state index in [1.807, 2.05) is 11.8 Å². The summed E-state index contributed by atoms with van der Waals surface area (Å²) in [5.74, 6) is -0.0469. The van der Waals surface area contributed by atoms with Gasteiger partial charge in [0.2, 0.25) is 15.9 Å². The van der Waals surface area contributed by atoms with E-state index in [0.717, 1.165) is 0 Å². The van der Waals surface area contributed by atoms with Crippen LogP contribution in [0.3, 0.4) is 0 Å². The van der Waals surface area contributed by atoms with Gasteiger partial charge in [0, 0.05) is 33.2 Å². The molecule has 0 radical (unpaired) electrons. The molecule has 1 aromatic carbocycles. The molecule has 1 heterocycles. The number of hydrogen-bond donors (Lipinski definition) is 1. The first-order valence-electron chi connectivity index (χ1n) is 6.97. The minimum absolute atomic E-state index is 0.0469. The number of likely N-dealkylation sites (N-methyl/N-ethyl adjacent to an activating group) is 1. The summed E-state index contributed by atoms with van der Waals surface area (Å²) in [5, 5.41) is 2.62. The van der Waals surface area contributed by atoms with E-state index in [0.29, 0.717) is 31.1 Å². The summed E-state index contributed by atoms with van der Waals surface area (Å²) in [5.41, 5.74) is 0. The fraction of sp³-hybridized carbons (Fsp3) is 0.500. The average molecular weight is 311 g/mol. The van der Waals surface area contributed by atoms with Crippen molar-refractivity contribution in [1.29, 1.82) is 0 Å². The highest BCUT2D eigenvalue weighted by Gasteiger charge is 2.31. The Morgan fingerprint density at radius 3 is 2.24 bits per heavy atom. The molecule has 0 aliphatic carbocycles. The molecule has 0 aromatic heterocycles. The summed E-state index contributed by atoms with van der Waals surface area (Å²) in [6.07, 6.45) is 0. The zero-order valence-electron chi connectivity index (χ0n) is 12.3. The van der Waals surface area contributed by atoms with Gasteiger partial charge >= 0.3 is 0 Å². The second-order valence-electron chi connectivity index (χ2n) is 5.04. The molecule has 116 valence electrons. The number of sulfonamides is 1. The zero-order valence-corrected chi connectivity index (χ0v) is 13.1. The minimum atomic E-state index is -3.43. The van der Waals surface area contributed by atoms with E-state index < -0.39 is 10.0 Å². The fourth-order valence-electron chi connectivity index (χ4n) is 2.45. The van der Waals surface area contributed by atoms with E-state index in [-0.39, 0.29) is 11.9 Å². The van der Waals surface area contributed by atoms with Crippen molar-refractivity contribution in [3.63, 3.8) is 0 Å². The normalized spacial score (nSPS) is 19.1. The highest BCUT2D eigenvalue weighted by atomic mass is 32.2. The quantitative estimate of drug-likeness (QED) is 0.858. The molecule has 0 saturated carbocycles. The fourth-order valence-corrected chi connectivity index (χ4v) is 3.89. The molecule has 1 aliphatic heterocycles. The topological polar surface area (TPSA) is 69.7 Å². The molecule has 1 saturated heterocycles. The van der Waals surface area contributed by atoms with Crippen LogP contribution >= 0.6 is 0 Å². The maximum absolute atomic E-state index is 12.5. The first-order chi connectivity index (χ1) is 9.96. The monoisotopic (exact) mass is 311 g/mol. The van der Waals surface area contributed by atoms with Gasteiger partial charge in [-0.2, -0.15) is 4.31 Å². The average Bonchev–Trinajstić information content (AvgIpc) is 2.54. The number of amides is 1. The summed E-state index contributed by atoms with van der Waals surface area (Å²) in [7, 11) is -1.82. The molecule has 0 unspecified atom stereocenters. The summed E-state index contributed by atoms with van der Waals surface area (Å²) < 4.78 is 26.4. The van der Waals surface area contributed by atoms with Gasteiger partial charge in [0.05, 0.1) is 10.9 Å². The Kier molecular flexibility index (Phi) is 4.97. The summed E-state index contributed by atoms with van der Waals surface area (Å²) in [6, 6.07) is 8.20. The van der Waals surface area contributed by atoms with E-state index in [1.54, 1.807) is 37.4 Å². The highest BCUT2D eigenvalue weighted by Crippen LogP contribution is 2.17. The zero-order chi connectivity index (χ0) is 15.5. The van der Waals surface area contributed by atoms with Crippen molar-refractivity contribution in [2.45, 2.75) is 17.9 Å². The lowest BCUT2D eigenvalue weighted by Crippen LogP contribution is -2.54. The van der Waals surface area contributed by atoms with Crippen molar-refractivity contribution in [1.82, 2.24) is 14.5 Å². The Hall–Kier alpha value is -1.44. The van der Waals surface area contributed by atoms with Gasteiger partial charge in [0.15, 0.2) is 0 Å². The lowest BCUT2D eigenvalue weighted by atomic mass is 10.2. The number of nitrogens with one attached hydrogen (secondary N) is 1. The second kappa shape index (κ2) is 6.55. The second-order valence-corrected chi connectivity index (χ2v) is 6.98. The summed E-state index contributed by atoms with van der Waals surface area (Å²) in [6.45, 7) is 3.75. The Morgan fingerprint density at radius 2 is 1.71 bits per heavy atom. The highest BCUT2D eigenvalue weighted by molar-refractivity contribution is 7.89. The molecular weight excluding hydrogens is 290 g/mol. The van der Waals surface area contributed by atoms with Gasteiger partial charge in [-0.3, -0.25) is 9.69 Å². The number of hydrogen-bond acceptors (Lipinski definition) is 4. The van der Waals surface area contributed by atoms with Crippen molar-refractivity contribution in [3.8, 4) is 0 Å². The van der Waals surface area contributed by atoms with Crippen LogP contribution < -0.4 is 5.32 Å². The summed E-state index contributed by atoms with van der Waals surface area (Å²) >= 11 is 0. The van der Waals surface area contributed by atoms with Crippen LogP contribution in [0.5, 0.6) is 0 Å². The van der Waals surface area contributed by atoms with Gasteiger partial charge in [0.25, 0.3) is 0 Å². The molecular formula is C14H21N3O3S. The first-order valence-corrected chi connectivity index (χ1v) is 8.41. The Labute approximate surface area is 125 Å². The van der Waals surface area contributed by atoms with E-state index >= 15 is 0 Å². The van der Waals surface area contributed by atoms with Crippen molar-refractivity contribution in [3.05, 3.63) is 30.3 Å². The number of rotatable bonds is 4. The van der Waals surface area contributed by atoms with Crippen molar-refractivity contribution >= 4 is 15.9 Å². The smallest absolute Gasteiger partial charge is 0.243 e. The largest absolute Gasteiger partial charge is 0.358 e. The van der Waals surface area contributed by atoms with Gasteiger partial charge in [0.1, 0.15) is 0 Å². The molecule has 1 amide bonds. The Bertz CT molecular complexity index is 581. The van der Waals surface area contributed by atoms with Crippen LogP contribution in [-0.4, -0.2) is 62.8 Å². The third-order valence-corrected chi connectivity index (χ3v) is 5.74. The molecule has 21 heavy (non-hydrogen) atoms. The summed E-state index contributed by atoms with van der Waals surface area (Å²) in [4.78, 5) is 13.9. The van der Waals surface area contributed by atoms with E-state index in [4.69, 9.17) is 0 Å². The molecule has 1 N–H and O–H groups in total. The van der Waals surface area contributed by atoms with Crippen LogP contribution in [0, 0.1) is 0 Å². The predicted octanol–water partition coefficient (Wildman–Crippen LogP) is 0.127. The van der Waals surface area contributed by atoms with Crippen LogP contribution in [0.15, 0.2) is 35.2 Å². The van der Waals surface area contributed by atoms with Crippen molar-refractivity contribution < 1.29 is 13.2 Å². The van der Waals surface area contributed by atoms with Crippen LogP contribution in [0.25, 0.3) is 0 Å². The number of carbonyl (C=O) groups excluding carboxylic acids is 1. The van der Waals surface area contributed by atoms with Gasteiger partial charge in [-0.15, -0.1) is 0 Å². The Morgan fingerprint density at radius 1 is 1.14 bits per heavy atom. The molecule has 0 spiro atoms. The van der Waals surface area contributed by atoms with E-state index in [1.165, 1.54) is 4.31 Å². The molecule has 1 fully saturated rings. The molecule has 1 atom stereocenters. The van der Waals surface area contributed by atoms with Crippen LogP contribution in [-0.2, 0) is 14.8 Å². The van der Waals surface area contributed by atoms with Crippen LogP contribution in [0.4, 0.5) is 0 Å². The minimum Gasteiger partial charge on any atom is -0.358 e. The SMILES string of the molecule is CNC(=O)[C@H](C)N1CCN(S(=O)(=O)c2ccccc2)CC1. The molecule has 1 aliphatic rings. The first kappa shape index (κ1) is 15.9. The van der Waals surface area contributed by atoms with Gasteiger partial charge < -0.3 is 5.32 Å². The van der Waals surface area contributed by atoms with Crippen molar-refractivity contribution in [2.75, 3.05) is 33.2 Å². The Balaban J connectivity index is 2.03. The number of benzene rings is 1. The van der Waals surface area contributed by atoms with Gasteiger partial charge in [-0.1, -0.05) is 18.2 Å².